The van der Waals surface area contributed by atoms with Crippen LogP contribution in [0, 0.1) is 6.92 Å². The minimum atomic E-state index is 0.244. The van der Waals surface area contributed by atoms with Crippen LogP contribution in [0.25, 0.3) is 0 Å². The molecule has 0 aromatic carbocycles. The molecule has 2 N–H and O–H groups in total. The predicted octanol–water partition coefficient (Wildman–Crippen LogP) is 4.19. The first-order chi connectivity index (χ1) is 7.25. The van der Waals surface area contributed by atoms with Crippen molar-refractivity contribution in [3.63, 3.8) is 0 Å². The van der Waals surface area contributed by atoms with E-state index in [2.05, 4.69) is 24.9 Å². The second kappa shape index (κ2) is 6.81. The van der Waals surface area contributed by atoms with Crippen LogP contribution in [0.1, 0.15) is 48.6 Å². The molecule has 0 aliphatic heterocycles. The third-order valence-corrected chi connectivity index (χ3v) is 3.81. The molecule has 0 amide bonds. The second-order valence-electron chi connectivity index (χ2n) is 4.00. The molecule has 84 valence electrons. The van der Waals surface area contributed by atoms with Crippen LogP contribution >= 0.6 is 11.3 Å². The quantitative estimate of drug-likeness (QED) is 0.544. The molecule has 15 heavy (non-hydrogen) atoms. The Bertz CT molecular complexity index is 290. The summed E-state index contributed by atoms with van der Waals surface area (Å²) in [5, 5.41) is 2.13. The molecule has 1 rings (SSSR count). The minimum absolute atomic E-state index is 0.244. The van der Waals surface area contributed by atoms with Gasteiger partial charge in [0, 0.05) is 10.9 Å². The van der Waals surface area contributed by atoms with Gasteiger partial charge in [-0.1, -0.05) is 18.9 Å². The maximum absolute atomic E-state index is 6.15. The van der Waals surface area contributed by atoms with Gasteiger partial charge in [0.2, 0.25) is 0 Å². The number of rotatable bonds is 7. The summed E-state index contributed by atoms with van der Waals surface area (Å²) in [4.78, 5) is 1.36. The van der Waals surface area contributed by atoms with Gasteiger partial charge in [-0.15, -0.1) is 17.9 Å². The molecule has 1 nitrogen and oxygen atoms in total. The van der Waals surface area contributed by atoms with Gasteiger partial charge in [-0.25, -0.2) is 0 Å². The lowest BCUT2D eigenvalue weighted by Gasteiger charge is -2.10. The third-order valence-electron chi connectivity index (χ3n) is 2.66. The van der Waals surface area contributed by atoms with Crippen LogP contribution in [0.2, 0.25) is 0 Å². The van der Waals surface area contributed by atoms with Crippen molar-refractivity contribution in [3.05, 3.63) is 34.5 Å². The summed E-state index contributed by atoms with van der Waals surface area (Å²) < 4.78 is 0. The molecule has 1 aromatic heterocycles. The van der Waals surface area contributed by atoms with Gasteiger partial charge >= 0.3 is 0 Å². The van der Waals surface area contributed by atoms with Gasteiger partial charge in [-0.2, -0.15) is 0 Å². The number of unbranched alkanes of at least 4 members (excludes halogenated alkanes) is 3. The smallest absolute Gasteiger partial charge is 0.0392 e. The Hall–Kier alpha value is -0.600. The number of allylic oxidation sites excluding steroid dienone is 1. The summed E-state index contributed by atoms with van der Waals surface area (Å²) in [6, 6.07) is 2.39. The summed E-state index contributed by atoms with van der Waals surface area (Å²) in [7, 11) is 0. The molecule has 0 aliphatic rings. The van der Waals surface area contributed by atoms with Crippen LogP contribution in [-0.4, -0.2) is 0 Å². The fraction of sp³-hybridized carbons (Fsp3) is 0.538. The molecule has 0 saturated heterocycles. The monoisotopic (exact) mass is 223 g/mol. The van der Waals surface area contributed by atoms with Crippen LogP contribution in [0.15, 0.2) is 24.1 Å². The topological polar surface area (TPSA) is 26.0 Å². The lowest BCUT2D eigenvalue weighted by atomic mass is 10.0. The van der Waals surface area contributed by atoms with Crippen LogP contribution in [0.5, 0.6) is 0 Å². The normalized spacial score (nSPS) is 12.7. The van der Waals surface area contributed by atoms with Crippen molar-refractivity contribution in [2.24, 2.45) is 5.73 Å². The third kappa shape index (κ3) is 4.18. The van der Waals surface area contributed by atoms with E-state index in [1.807, 2.05) is 6.08 Å². The van der Waals surface area contributed by atoms with Gasteiger partial charge in [0.15, 0.2) is 0 Å². The standard InChI is InChI=1S/C13H21NS/c1-3-4-5-6-7-8-12(14)13-11(2)9-10-15-13/h3,9-10,12H,1,4-8,14H2,2H3. The van der Waals surface area contributed by atoms with Crippen molar-refractivity contribution in [2.75, 3.05) is 0 Å². The molecule has 0 aliphatic carbocycles. The van der Waals surface area contributed by atoms with Gasteiger partial charge in [0.05, 0.1) is 0 Å². The largest absolute Gasteiger partial charge is 0.323 e. The number of hydrogen-bond acceptors (Lipinski definition) is 2. The molecule has 1 heterocycles. The van der Waals surface area contributed by atoms with E-state index in [-0.39, 0.29) is 6.04 Å². The first kappa shape index (κ1) is 12.5. The maximum atomic E-state index is 6.15. The molecule has 0 bridgehead atoms. The average molecular weight is 223 g/mol. The average Bonchev–Trinajstić information content (AvgIpc) is 2.64. The van der Waals surface area contributed by atoms with Crippen molar-refractivity contribution < 1.29 is 0 Å². The number of thiophene rings is 1. The number of aryl methyl sites for hydroxylation is 1. The highest BCUT2D eigenvalue weighted by molar-refractivity contribution is 7.10. The molecular formula is C13H21NS. The summed E-state index contributed by atoms with van der Waals surface area (Å²) in [6.07, 6.45) is 7.98. The first-order valence-electron chi connectivity index (χ1n) is 5.66. The Morgan fingerprint density at radius 2 is 2.27 bits per heavy atom. The van der Waals surface area contributed by atoms with E-state index in [1.54, 1.807) is 11.3 Å². The summed E-state index contributed by atoms with van der Waals surface area (Å²) >= 11 is 1.78. The Morgan fingerprint density at radius 1 is 1.47 bits per heavy atom. The van der Waals surface area contributed by atoms with Gasteiger partial charge in [0.25, 0.3) is 0 Å². The zero-order valence-electron chi connectivity index (χ0n) is 9.54. The lowest BCUT2D eigenvalue weighted by Crippen LogP contribution is -2.09. The fourth-order valence-corrected chi connectivity index (χ4v) is 2.69. The van der Waals surface area contributed by atoms with Gasteiger partial charge in [0.1, 0.15) is 0 Å². The van der Waals surface area contributed by atoms with E-state index in [9.17, 15) is 0 Å². The molecule has 0 fully saturated rings. The SMILES string of the molecule is C=CCCCCCC(N)c1sccc1C. The Labute approximate surface area is 97.0 Å². The van der Waals surface area contributed by atoms with E-state index in [0.29, 0.717) is 0 Å². The summed E-state index contributed by atoms with van der Waals surface area (Å²) in [5.74, 6) is 0. The van der Waals surface area contributed by atoms with Crippen LogP contribution < -0.4 is 5.73 Å². The van der Waals surface area contributed by atoms with Crippen LogP contribution in [-0.2, 0) is 0 Å². The second-order valence-corrected chi connectivity index (χ2v) is 4.95. The van der Waals surface area contributed by atoms with Crippen molar-refractivity contribution in [1.29, 1.82) is 0 Å². The van der Waals surface area contributed by atoms with Gasteiger partial charge < -0.3 is 5.73 Å². The Balaban J connectivity index is 2.22. The highest BCUT2D eigenvalue weighted by Crippen LogP contribution is 2.25. The Morgan fingerprint density at radius 3 is 2.87 bits per heavy atom. The fourth-order valence-electron chi connectivity index (χ4n) is 1.73. The summed E-state index contributed by atoms with van der Waals surface area (Å²) in [5.41, 5.74) is 7.49. The molecule has 0 radical (unpaired) electrons. The van der Waals surface area contributed by atoms with Crippen molar-refractivity contribution >= 4 is 11.3 Å². The minimum Gasteiger partial charge on any atom is -0.323 e. The predicted molar refractivity (Wildman–Crippen MR) is 69.3 cm³/mol. The molecule has 0 spiro atoms. The van der Waals surface area contributed by atoms with E-state index >= 15 is 0 Å². The van der Waals surface area contributed by atoms with Crippen molar-refractivity contribution in [1.82, 2.24) is 0 Å². The highest BCUT2D eigenvalue weighted by Gasteiger charge is 2.09. The summed E-state index contributed by atoms with van der Waals surface area (Å²) in [6.45, 7) is 5.86. The van der Waals surface area contributed by atoms with Crippen LogP contribution in [0.3, 0.4) is 0 Å². The number of nitrogens with two attached hydrogens (primary N) is 1. The molecule has 1 aromatic rings. The van der Waals surface area contributed by atoms with E-state index in [0.717, 1.165) is 12.8 Å². The Kier molecular flexibility index (Phi) is 5.66. The molecule has 0 saturated carbocycles. The van der Waals surface area contributed by atoms with Gasteiger partial charge in [-0.05, 0) is 43.2 Å². The highest BCUT2D eigenvalue weighted by atomic mass is 32.1. The van der Waals surface area contributed by atoms with E-state index in [1.165, 1.54) is 29.7 Å². The van der Waals surface area contributed by atoms with E-state index < -0.39 is 0 Å². The first-order valence-corrected chi connectivity index (χ1v) is 6.54. The molecule has 2 heteroatoms. The zero-order chi connectivity index (χ0) is 11.1. The number of hydrogen-bond donors (Lipinski definition) is 1. The van der Waals surface area contributed by atoms with Crippen molar-refractivity contribution in [2.45, 2.75) is 45.1 Å². The van der Waals surface area contributed by atoms with Crippen molar-refractivity contribution in [3.8, 4) is 0 Å². The molecule has 1 atom stereocenters. The van der Waals surface area contributed by atoms with Gasteiger partial charge in [-0.3, -0.25) is 0 Å². The maximum Gasteiger partial charge on any atom is 0.0392 e. The lowest BCUT2D eigenvalue weighted by molar-refractivity contribution is 0.576. The molecular weight excluding hydrogens is 202 g/mol. The van der Waals surface area contributed by atoms with Crippen LogP contribution in [0.4, 0.5) is 0 Å². The van der Waals surface area contributed by atoms with E-state index in [4.69, 9.17) is 5.73 Å². The zero-order valence-corrected chi connectivity index (χ0v) is 10.4. The molecule has 1 unspecified atom stereocenters.